The molecule has 0 aromatic heterocycles. The van der Waals surface area contributed by atoms with E-state index in [4.69, 9.17) is 0 Å². The van der Waals surface area contributed by atoms with E-state index in [1.54, 1.807) is 0 Å². The van der Waals surface area contributed by atoms with Crippen molar-refractivity contribution in [3.63, 3.8) is 0 Å². The second kappa shape index (κ2) is 2.10. The zero-order valence-electron chi connectivity index (χ0n) is 5.51. The van der Waals surface area contributed by atoms with Crippen molar-refractivity contribution >= 4 is 6.21 Å². The van der Waals surface area contributed by atoms with Gasteiger partial charge in [-0.15, -0.1) is 0 Å². The molecule has 2 heterocycles. The monoisotopic (exact) mass is 124 g/mol. The summed E-state index contributed by atoms with van der Waals surface area (Å²) in [6.07, 6.45) is 4.74. The van der Waals surface area contributed by atoms with Crippen LogP contribution in [0.25, 0.3) is 0 Å². The average molecular weight is 124 g/mol. The largest absolute Gasteiger partial charge is 0.309 e. The Morgan fingerprint density at radius 3 is 3.33 bits per heavy atom. The van der Waals surface area contributed by atoms with Crippen LogP contribution in [-0.4, -0.2) is 25.3 Å². The van der Waals surface area contributed by atoms with Gasteiger partial charge < -0.3 is 5.32 Å². The lowest BCUT2D eigenvalue weighted by atomic mass is 9.96. The summed E-state index contributed by atoms with van der Waals surface area (Å²) >= 11 is 0. The predicted octanol–water partition coefficient (Wildman–Crippen LogP) is 0.439. The molecular formula is C7H12N2. The Kier molecular flexibility index (Phi) is 1.27. The summed E-state index contributed by atoms with van der Waals surface area (Å²) < 4.78 is 0. The molecule has 0 aromatic rings. The molecule has 1 fully saturated rings. The average Bonchev–Trinajstić information content (AvgIpc) is 2.33. The number of nitrogens with one attached hydrogen (secondary N) is 1. The predicted molar refractivity (Wildman–Crippen MR) is 37.9 cm³/mol. The van der Waals surface area contributed by atoms with Crippen molar-refractivity contribution in [1.82, 2.24) is 5.32 Å². The van der Waals surface area contributed by atoms with Gasteiger partial charge in [0.1, 0.15) is 0 Å². The Morgan fingerprint density at radius 2 is 2.44 bits per heavy atom. The molecule has 0 bridgehead atoms. The van der Waals surface area contributed by atoms with Crippen LogP contribution in [0.5, 0.6) is 0 Å². The highest BCUT2D eigenvalue weighted by molar-refractivity contribution is 5.66. The smallest absolute Gasteiger partial charge is 0.0449 e. The fourth-order valence-corrected chi connectivity index (χ4v) is 1.71. The van der Waals surface area contributed by atoms with Crippen LogP contribution in [0.1, 0.15) is 12.8 Å². The molecule has 0 spiro atoms. The van der Waals surface area contributed by atoms with E-state index >= 15 is 0 Å². The summed E-state index contributed by atoms with van der Waals surface area (Å²) in [7, 11) is 0. The summed E-state index contributed by atoms with van der Waals surface area (Å²) in [5, 5.41) is 3.41. The third kappa shape index (κ3) is 0.874. The normalized spacial score (nSPS) is 40.9. The minimum Gasteiger partial charge on any atom is -0.309 e. The van der Waals surface area contributed by atoms with Crippen LogP contribution >= 0.6 is 0 Å². The van der Waals surface area contributed by atoms with E-state index in [1.165, 1.54) is 19.4 Å². The van der Waals surface area contributed by atoms with Gasteiger partial charge >= 0.3 is 0 Å². The third-order valence-corrected chi connectivity index (χ3v) is 2.30. The molecule has 9 heavy (non-hydrogen) atoms. The maximum absolute atomic E-state index is 4.23. The minimum atomic E-state index is 0.624. The van der Waals surface area contributed by atoms with Gasteiger partial charge in [0.05, 0.1) is 0 Å². The first kappa shape index (κ1) is 5.42. The van der Waals surface area contributed by atoms with Gasteiger partial charge in [-0.1, -0.05) is 0 Å². The van der Waals surface area contributed by atoms with Gasteiger partial charge in [-0.3, -0.25) is 4.99 Å². The number of hydrogen-bond acceptors (Lipinski definition) is 2. The van der Waals surface area contributed by atoms with Crippen LogP contribution < -0.4 is 5.32 Å². The molecule has 2 rings (SSSR count). The van der Waals surface area contributed by atoms with Crippen molar-refractivity contribution in [2.75, 3.05) is 13.1 Å². The first-order chi connectivity index (χ1) is 4.47. The van der Waals surface area contributed by atoms with Crippen LogP contribution in [0, 0.1) is 5.92 Å². The van der Waals surface area contributed by atoms with E-state index in [2.05, 4.69) is 16.5 Å². The summed E-state index contributed by atoms with van der Waals surface area (Å²) in [5.41, 5.74) is 0. The van der Waals surface area contributed by atoms with Crippen molar-refractivity contribution < 1.29 is 0 Å². The molecule has 2 unspecified atom stereocenters. The van der Waals surface area contributed by atoms with Crippen LogP contribution in [-0.2, 0) is 0 Å². The van der Waals surface area contributed by atoms with Gasteiger partial charge in [0.25, 0.3) is 0 Å². The molecule has 0 amide bonds. The topological polar surface area (TPSA) is 24.4 Å². The Morgan fingerprint density at radius 1 is 1.44 bits per heavy atom. The molecule has 2 atom stereocenters. The Balaban J connectivity index is 2.10. The molecule has 2 heteroatoms. The Labute approximate surface area is 55.4 Å². The summed E-state index contributed by atoms with van der Waals surface area (Å²) in [6, 6.07) is 0.624. The van der Waals surface area contributed by atoms with E-state index in [1.807, 2.05) is 0 Å². The quantitative estimate of drug-likeness (QED) is 0.498. The Hall–Kier alpha value is -0.370. The fourth-order valence-electron chi connectivity index (χ4n) is 1.71. The molecular weight excluding hydrogens is 112 g/mol. The van der Waals surface area contributed by atoms with Crippen LogP contribution in [0.4, 0.5) is 0 Å². The van der Waals surface area contributed by atoms with E-state index in [0.29, 0.717) is 6.04 Å². The van der Waals surface area contributed by atoms with Gasteiger partial charge in [0.2, 0.25) is 0 Å². The number of fused-ring (bicyclic) bond motifs is 1. The van der Waals surface area contributed by atoms with Crippen molar-refractivity contribution in [2.45, 2.75) is 18.9 Å². The van der Waals surface area contributed by atoms with Gasteiger partial charge in [-0.2, -0.15) is 0 Å². The molecule has 2 aliphatic heterocycles. The first-order valence-electron chi connectivity index (χ1n) is 3.70. The molecule has 0 aromatic carbocycles. The van der Waals surface area contributed by atoms with Crippen LogP contribution in [0.2, 0.25) is 0 Å². The Bertz CT molecular complexity index is 131. The van der Waals surface area contributed by atoms with Gasteiger partial charge in [-0.05, 0) is 25.3 Å². The SMILES string of the molecule is C1=NCCC2CCNC12. The van der Waals surface area contributed by atoms with E-state index in [9.17, 15) is 0 Å². The number of nitrogens with zero attached hydrogens (tertiary/aromatic N) is 1. The highest BCUT2D eigenvalue weighted by Crippen LogP contribution is 2.20. The number of rotatable bonds is 0. The highest BCUT2D eigenvalue weighted by Gasteiger charge is 2.26. The van der Waals surface area contributed by atoms with Crippen molar-refractivity contribution in [1.29, 1.82) is 0 Å². The fraction of sp³-hybridized carbons (Fsp3) is 0.857. The van der Waals surface area contributed by atoms with Gasteiger partial charge in [0.15, 0.2) is 0 Å². The first-order valence-corrected chi connectivity index (χ1v) is 3.70. The zero-order chi connectivity index (χ0) is 6.10. The molecule has 1 N–H and O–H groups in total. The lowest BCUT2D eigenvalue weighted by Gasteiger charge is -2.17. The maximum Gasteiger partial charge on any atom is 0.0449 e. The van der Waals surface area contributed by atoms with Crippen molar-refractivity contribution in [3.8, 4) is 0 Å². The summed E-state index contributed by atoms with van der Waals surface area (Å²) in [5.74, 6) is 0.905. The molecule has 0 saturated carbocycles. The number of hydrogen-bond donors (Lipinski definition) is 1. The second-order valence-electron chi connectivity index (χ2n) is 2.87. The molecule has 0 aliphatic carbocycles. The summed E-state index contributed by atoms with van der Waals surface area (Å²) in [4.78, 5) is 4.23. The lowest BCUT2D eigenvalue weighted by molar-refractivity contribution is 0.484. The minimum absolute atomic E-state index is 0.624. The standard InChI is InChI=1S/C7H12N2/c1-3-8-5-7-6(1)2-4-9-7/h5-7,9H,1-4H2. The number of aliphatic imine (C=N–C) groups is 1. The molecule has 0 radical (unpaired) electrons. The lowest BCUT2D eigenvalue weighted by Crippen LogP contribution is -2.31. The molecule has 50 valence electrons. The van der Waals surface area contributed by atoms with E-state index in [0.717, 1.165) is 12.5 Å². The maximum atomic E-state index is 4.23. The highest BCUT2D eigenvalue weighted by atomic mass is 15.0. The van der Waals surface area contributed by atoms with Crippen molar-refractivity contribution in [2.24, 2.45) is 10.9 Å². The third-order valence-electron chi connectivity index (χ3n) is 2.30. The summed E-state index contributed by atoms with van der Waals surface area (Å²) in [6.45, 7) is 2.25. The zero-order valence-corrected chi connectivity index (χ0v) is 5.51. The van der Waals surface area contributed by atoms with Gasteiger partial charge in [0, 0.05) is 18.8 Å². The van der Waals surface area contributed by atoms with Crippen LogP contribution in [0.15, 0.2) is 4.99 Å². The molecule has 2 nitrogen and oxygen atoms in total. The van der Waals surface area contributed by atoms with E-state index in [-0.39, 0.29) is 0 Å². The van der Waals surface area contributed by atoms with Crippen molar-refractivity contribution in [3.05, 3.63) is 0 Å². The molecule has 2 aliphatic rings. The van der Waals surface area contributed by atoms with Crippen LogP contribution in [0.3, 0.4) is 0 Å². The van der Waals surface area contributed by atoms with Gasteiger partial charge in [-0.25, -0.2) is 0 Å². The molecule has 1 saturated heterocycles. The van der Waals surface area contributed by atoms with E-state index < -0.39 is 0 Å². The second-order valence-corrected chi connectivity index (χ2v) is 2.87.